The highest BCUT2D eigenvalue weighted by molar-refractivity contribution is 7.18. The van der Waals surface area contributed by atoms with E-state index in [1.165, 1.54) is 11.3 Å². The number of rotatable bonds is 2. The summed E-state index contributed by atoms with van der Waals surface area (Å²) in [6.45, 7) is 0.710. The second-order valence-corrected chi connectivity index (χ2v) is 4.77. The van der Waals surface area contributed by atoms with Crippen molar-refractivity contribution in [2.24, 2.45) is 0 Å². The van der Waals surface area contributed by atoms with Crippen molar-refractivity contribution in [1.29, 1.82) is 0 Å². The Labute approximate surface area is 91.1 Å². The Hall–Kier alpha value is -0.800. The largest absolute Gasteiger partial charge is 0.501 e. The zero-order valence-corrected chi connectivity index (χ0v) is 9.03. The van der Waals surface area contributed by atoms with Crippen molar-refractivity contribution in [2.75, 3.05) is 6.61 Å². The van der Waals surface area contributed by atoms with Crippen molar-refractivity contribution >= 4 is 28.7 Å². The van der Waals surface area contributed by atoms with E-state index in [9.17, 15) is 4.79 Å². The number of hydrogen-bond donors (Lipinski definition) is 0. The van der Waals surface area contributed by atoms with E-state index in [1.54, 1.807) is 18.4 Å². The van der Waals surface area contributed by atoms with Crippen LogP contribution in [0.4, 0.5) is 0 Å². The number of thiophene rings is 1. The van der Waals surface area contributed by atoms with Crippen LogP contribution >= 0.6 is 22.9 Å². The molecule has 0 unspecified atom stereocenters. The molecule has 0 saturated carbocycles. The second kappa shape index (κ2) is 4.15. The number of allylic oxidation sites excluding steroid dienone is 1. The first-order valence-corrected chi connectivity index (χ1v) is 5.57. The van der Waals surface area contributed by atoms with Crippen LogP contribution in [0.15, 0.2) is 24.0 Å². The van der Waals surface area contributed by atoms with Gasteiger partial charge < -0.3 is 4.74 Å². The molecule has 0 spiro atoms. The van der Waals surface area contributed by atoms with Gasteiger partial charge in [0.15, 0.2) is 0 Å². The Morgan fingerprint density at radius 3 is 2.93 bits per heavy atom. The first kappa shape index (κ1) is 9.74. The highest BCUT2D eigenvalue weighted by atomic mass is 35.5. The molecule has 4 heteroatoms. The Morgan fingerprint density at radius 1 is 1.50 bits per heavy atom. The molecular weight excluding hydrogens is 220 g/mol. The number of carbonyl (C=O) groups excluding carboxylic acids is 1. The molecule has 0 amide bonds. The number of ether oxygens (including phenoxy) is 1. The van der Waals surface area contributed by atoms with E-state index in [0.717, 1.165) is 18.4 Å². The zero-order chi connectivity index (χ0) is 9.97. The minimum atomic E-state index is 0.0431. The smallest absolute Gasteiger partial charge is 0.202 e. The summed E-state index contributed by atoms with van der Waals surface area (Å²) in [5.74, 6) is 0.0431. The third-order valence-corrected chi connectivity index (χ3v) is 3.25. The predicted molar refractivity (Wildman–Crippen MR) is 56.9 cm³/mol. The van der Waals surface area contributed by atoms with Crippen LogP contribution in [0.5, 0.6) is 0 Å². The average molecular weight is 229 g/mol. The van der Waals surface area contributed by atoms with Crippen LogP contribution in [0.25, 0.3) is 0 Å². The number of halogens is 1. The molecule has 74 valence electrons. The van der Waals surface area contributed by atoms with Crippen molar-refractivity contribution in [1.82, 2.24) is 0 Å². The van der Waals surface area contributed by atoms with E-state index in [2.05, 4.69) is 0 Å². The van der Waals surface area contributed by atoms with Crippen LogP contribution in [0.1, 0.15) is 22.5 Å². The van der Waals surface area contributed by atoms with Crippen molar-refractivity contribution < 1.29 is 9.53 Å². The fraction of sp³-hybridized carbons (Fsp3) is 0.300. The van der Waals surface area contributed by atoms with E-state index < -0.39 is 0 Å². The van der Waals surface area contributed by atoms with Crippen LogP contribution in [0.3, 0.4) is 0 Å². The zero-order valence-electron chi connectivity index (χ0n) is 7.46. The molecule has 0 bridgehead atoms. The lowest BCUT2D eigenvalue weighted by molar-refractivity contribution is 0.101. The van der Waals surface area contributed by atoms with Gasteiger partial charge in [-0.05, 0) is 25.0 Å². The molecule has 2 heterocycles. The summed E-state index contributed by atoms with van der Waals surface area (Å²) < 4.78 is 5.76. The van der Waals surface area contributed by atoms with Gasteiger partial charge in [0, 0.05) is 5.57 Å². The van der Waals surface area contributed by atoms with Gasteiger partial charge in [-0.15, -0.1) is 11.3 Å². The Balaban J connectivity index is 2.19. The van der Waals surface area contributed by atoms with Crippen molar-refractivity contribution in [3.8, 4) is 0 Å². The molecule has 1 aliphatic heterocycles. The first-order chi connectivity index (χ1) is 6.77. The lowest BCUT2D eigenvalue weighted by Gasteiger charge is -2.11. The monoisotopic (exact) mass is 228 g/mol. The first-order valence-electron chi connectivity index (χ1n) is 4.38. The highest BCUT2D eigenvalue weighted by Gasteiger charge is 2.16. The van der Waals surface area contributed by atoms with Gasteiger partial charge in [0.05, 0.1) is 22.1 Å². The molecule has 2 rings (SSSR count). The Morgan fingerprint density at radius 2 is 2.36 bits per heavy atom. The van der Waals surface area contributed by atoms with E-state index in [0.29, 0.717) is 15.8 Å². The number of carbonyl (C=O) groups is 1. The van der Waals surface area contributed by atoms with Gasteiger partial charge in [0.25, 0.3) is 0 Å². The molecule has 1 aliphatic rings. The predicted octanol–water partition coefficient (Wildman–Crippen LogP) is 3.28. The quantitative estimate of drug-likeness (QED) is 0.727. The summed E-state index contributed by atoms with van der Waals surface area (Å²) in [5.41, 5.74) is 0.745. The third-order valence-electron chi connectivity index (χ3n) is 2.02. The molecule has 14 heavy (non-hydrogen) atoms. The third kappa shape index (κ3) is 1.99. The molecule has 0 fully saturated rings. The lowest BCUT2D eigenvalue weighted by atomic mass is 10.1. The topological polar surface area (TPSA) is 26.3 Å². The average Bonchev–Trinajstić information content (AvgIpc) is 2.65. The molecule has 0 radical (unpaired) electrons. The summed E-state index contributed by atoms with van der Waals surface area (Å²) in [6, 6.07) is 3.49. The molecule has 0 aromatic carbocycles. The molecule has 2 nitrogen and oxygen atoms in total. The van der Waals surface area contributed by atoms with E-state index in [4.69, 9.17) is 16.3 Å². The molecule has 0 saturated heterocycles. The Kier molecular flexibility index (Phi) is 2.89. The second-order valence-electron chi connectivity index (χ2n) is 3.05. The molecule has 1 aromatic heterocycles. The fourth-order valence-electron chi connectivity index (χ4n) is 1.33. The maximum absolute atomic E-state index is 11.8. The minimum Gasteiger partial charge on any atom is -0.501 e. The maximum atomic E-state index is 11.8. The van der Waals surface area contributed by atoms with Gasteiger partial charge >= 0.3 is 0 Å². The molecule has 0 N–H and O–H groups in total. The summed E-state index contributed by atoms with van der Waals surface area (Å²) in [6.07, 6.45) is 3.28. The summed E-state index contributed by atoms with van der Waals surface area (Å²) in [7, 11) is 0. The van der Waals surface area contributed by atoms with Crippen LogP contribution in [0, 0.1) is 0 Å². The van der Waals surface area contributed by atoms with Crippen molar-refractivity contribution in [3.05, 3.63) is 33.2 Å². The van der Waals surface area contributed by atoms with Crippen LogP contribution in [0.2, 0.25) is 4.34 Å². The van der Waals surface area contributed by atoms with Gasteiger partial charge in [-0.25, -0.2) is 0 Å². The van der Waals surface area contributed by atoms with E-state index >= 15 is 0 Å². The molecule has 0 atom stereocenters. The van der Waals surface area contributed by atoms with Crippen LogP contribution in [-0.4, -0.2) is 12.4 Å². The summed E-state index contributed by atoms with van der Waals surface area (Å²) in [5, 5.41) is 0. The normalized spacial score (nSPS) is 15.9. The summed E-state index contributed by atoms with van der Waals surface area (Å²) in [4.78, 5) is 12.5. The fourth-order valence-corrected chi connectivity index (χ4v) is 2.34. The van der Waals surface area contributed by atoms with E-state index in [-0.39, 0.29) is 5.78 Å². The lowest BCUT2D eigenvalue weighted by Crippen LogP contribution is -2.07. The van der Waals surface area contributed by atoms with Crippen LogP contribution in [-0.2, 0) is 4.74 Å². The van der Waals surface area contributed by atoms with Gasteiger partial charge in [-0.2, -0.15) is 0 Å². The van der Waals surface area contributed by atoms with Gasteiger partial charge in [0.1, 0.15) is 0 Å². The van der Waals surface area contributed by atoms with Crippen LogP contribution < -0.4 is 0 Å². The maximum Gasteiger partial charge on any atom is 0.202 e. The van der Waals surface area contributed by atoms with Gasteiger partial charge in [-0.1, -0.05) is 11.6 Å². The van der Waals surface area contributed by atoms with E-state index in [1.807, 2.05) is 0 Å². The van der Waals surface area contributed by atoms with Crippen molar-refractivity contribution in [2.45, 2.75) is 12.8 Å². The molecule has 1 aromatic rings. The molecular formula is C10H9ClO2S. The minimum absolute atomic E-state index is 0.0431. The van der Waals surface area contributed by atoms with Gasteiger partial charge in [-0.3, -0.25) is 4.79 Å². The standard InChI is InChI=1S/C10H9ClO2S/c11-9-4-3-8(14-9)10(12)7-2-1-5-13-6-7/h3-4,6H,1-2,5H2. The van der Waals surface area contributed by atoms with Gasteiger partial charge in [0.2, 0.25) is 5.78 Å². The summed E-state index contributed by atoms with van der Waals surface area (Å²) >= 11 is 7.07. The van der Waals surface area contributed by atoms with Crippen molar-refractivity contribution in [3.63, 3.8) is 0 Å². The SMILES string of the molecule is O=C(C1=COCCC1)c1ccc(Cl)s1. The highest BCUT2D eigenvalue weighted by Crippen LogP contribution is 2.25. The molecule has 0 aliphatic carbocycles. The number of ketones is 1. The number of hydrogen-bond acceptors (Lipinski definition) is 3. The Bertz CT molecular complexity index is 381. The number of Topliss-reactive ketones (excluding diaryl/α,β-unsaturated/α-hetero) is 1.